The summed E-state index contributed by atoms with van der Waals surface area (Å²) in [6, 6.07) is 11.6. The first-order valence-corrected chi connectivity index (χ1v) is 10.2. The molecule has 3 aliphatic rings. The molecule has 0 radical (unpaired) electrons. The number of hydrogen-bond acceptors (Lipinski definition) is 3. The summed E-state index contributed by atoms with van der Waals surface area (Å²) in [4.78, 5) is 5.42. The number of benzene rings is 1. The Morgan fingerprint density at radius 2 is 1.88 bits per heavy atom. The predicted molar refractivity (Wildman–Crippen MR) is 106 cm³/mol. The molecule has 0 amide bonds. The van der Waals surface area contributed by atoms with E-state index in [1.165, 1.54) is 49.3 Å². The lowest BCUT2D eigenvalue weighted by Gasteiger charge is -2.36. The van der Waals surface area contributed by atoms with E-state index in [1.54, 1.807) is 0 Å². The Hall–Kier alpha value is -1.65. The van der Waals surface area contributed by atoms with Crippen LogP contribution in [0.4, 0.5) is 0 Å². The first kappa shape index (κ1) is 17.7. The van der Waals surface area contributed by atoms with Gasteiger partial charge in [-0.1, -0.05) is 37.3 Å². The monoisotopic (exact) mass is 352 g/mol. The van der Waals surface area contributed by atoms with E-state index >= 15 is 0 Å². The maximum atomic E-state index is 4.61. The van der Waals surface area contributed by atoms with Gasteiger partial charge < -0.3 is 0 Å². The van der Waals surface area contributed by atoms with Crippen molar-refractivity contribution in [1.29, 1.82) is 0 Å². The molecule has 140 valence electrons. The molecule has 2 aromatic rings. The van der Waals surface area contributed by atoms with E-state index in [0.717, 1.165) is 32.0 Å². The maximum Gasteiger partial charge on any atom is 0.0537 e. The molecule has 5 rings (SSSR count). The van der Waals surface area contributed by atoms with Crippen LogP contribution in [0.2, 0.25) is 0 Å². The van der Waals surface area contributed by atoms with Gasteiger partial charge in [0.15, 0.2) is 0 Å². The van der Waals surface area contributed by atoms with Crippen molar-refractivity contribution in [2.24, 2.45) is 5.92 Å². The Kier molecular flexibility index (Phi) is 5.41. The standard InChI is InChI=1S/C22H32N4/c1-3-11-26-18(2)21(12-23-26)16-25-15-20-9-10-22(25)17-24(14-20)13-19-7-5-4-6-8-19/h4-8,12,20,22H,3,9-11,13-17H2,1-2H3/t20-,22+/m1/s1. The SMILES string of the molecule is CCCn1ncc(CN2C[C@@H]3CC[C@H]2CN(Cc2ccccc2)C3)c1C. The molecule has 0 N–H and O–H groups in total. The fourth-order valence-electron chi connectivity index (χ4n) is 4.74. The minimum absolute atomic E-state index is 0.686. The number of fused-ring (bicyclic) bond motifs is 4. The molecule has 3 saturated heterocycles. The Morgan fingerprint density at radius 3 is 2.69 bits per heavy atom. The third-order valence-corrected chi connectivity index (χ3v) is 6.17. The van der Waals surface area contributed by atoms with Gasteiger partial charge in [0.2, 0.25) is 0 Å². The van der Waals surface area contributed by atoms with Gasteiger partial charge in [-0.25, -0.2) is 0 Å². The van der Waals surface area contributed by atoms with Gasteiger partial charge in [-0.3, -0.25) is 14.5 Å². The molecule has 3 aliphatic heterocycles. The lowest BCUT2D eigenvalue weighted by molar-refractivity contribution is 0.123. The molecule has 4 heterocycles. The maximum absolute atomic E-state index is 4.61. The molecule has 0 aliphatic carbocycles. The third-order valence-electron chi connectivity index (χ3n) is 6.17. The van der Waals surface area contributed by atoms with E-state index in [2.05, 4.69) is 70.0 Å². The second kappa shape index (κ2) is 7.93. The molecule has 2 atom stereocenters. The minimum Gasteiger partial charge on any atom is -0.297 e. The van der Waals surface area contributed by atoms with Crippen molar-refractivity contribution < 1.29 is 0 Å². The molecular formula is C22H32N4. The van der Waals surface area contributed by atoms with Crippen molar-refractivity contribution in [2.75, 3.05) is 19.6 Å². The van der Waals surface area contributed by atoms with Gasteiger partial charge in [-0.05, 0) is 37.7 Å². The van der Waals surface area contributed by atoms with Gasteiger partial charge in [0.05, 0.1) is 6.20 Å². The van der Waals surface area contributed by atoms with Crippen LogP contribution >= 0.6 is 0 Å². The highest BCUT2D eigenvalue weighted by molar-refractivity contribution is 5.17. The summed E-state index contributed by atoms with van der Waals surface area (Å²) < 4.78 is 2.17. The summed E-state index contributed by atoms with van der Waals surface area (Å²) in [7, 11) is 0. The summed E-state index contributed by atoms with van der Waals surface area (Å²) in [6.45, 7) is 11.3. The Bertz CT molecular complexity index is 708. The molecule has 0 unspecified atom stereocenters. The zero-order valence-electron chi connectivity index (χ0n) is 16.3. The summed E-state index contributed by atoms with van der Waals surface area (Å²) in [5.74, 6) is 0.809. The highest BCUT2D eigenvalue weighted by atomic mass is 15.3. The molecule has 0 saturated carbocycles. The fourth-order valence-corrected chi connectivity index (χ4v) is 4.74. The lowest BCUT2D eigenvalue weighted by Crippen LogP contribution is -2.43. The first-order chi connectivity index (χ1) is 12.7. The van der Waals surface area contributed by atoms with Crippen LogP contribution in [0.5, 0.6) is 0 Å². The molecule has 4 heteroatoms. The van der Waals surface area contributed by atoms with Crippen LogP contribution in [0.1, 0.15) is 43.0 Å². The van der Waals surface area contributed by atoms with Crippen molar-refractivity contribution in [2.45, 2.75) is 58.8 Å². The van der Waals surface area contributed by atoms with Crippen LogP contribution in [0, 0.1) is 12.8 Å². The number of hydrogen-bond donors (Lipinski definition) is 0. The van der Waals surface area contributed by atoms with Crippen LogP contribution in [0.15, 0.2) is 36.5 Å². The Morgan fingerprint density at radius 1 is 1.04 bits per heavy atom. The normalized spacial score (nSPS) is 24.1. The van der Waals surface area contributed by atoms with E-state index in [0.29, 0.717) is 6.04 Å². The van der Waals surface area contributed by atoms with Crippen LogP contribution < -0.4 is 0 Å². The van der Waals surface area contributed by atoms with Crippen molar-refractivity contribution in [3.8, 4) is 0 Å². The van der Waals surface area contributed by atoms with Gasteiger partial charge in [0.1, 0.15) is 0 Å². The number of aromatic nitrogens is 2. The summed E-state index contributed by atoms with van der Waals surface area (Å²) in [5, 5.41) is 4.61. The average Bonchev–Trinajstić information content (AvgIpc) is 2.82. The van der Waals surface area contributed by atoms with Gasteiger partial charge in [0, 0.05) is 56.6 Å². The Labute approximate surface area is 157 Å². The number of rotatable bonds is 6. The number of piperidine rings is 1. The molecular weight excluding hydrogens is 320 g/mol. The summed E-state index contributed by atoms with van der Waals surface area (Å²) in [6.07, 6.45) is 5.98. The van der Waals surface area contributed by atoms with Crippen LogP contribution in [-0.2, 0) is 19.6 Å². The van der Waals surface area contributed by atoms with Crippen molar-refractivity contribution in [3.05, 3.63) is 53.3 Å². The lowest BCUT2D eigenvalue weighted by atomic mass is 9.94. The van der Waals surface area contributed by atoms with E-state index in [9.17, 15) is 0 Å². The highest BCUT2D eigenvalue weighted by Crippen LogP contribution is 2.30. The Balaban J connectivity index is 1.43. The average molecular weight is 353 g/mol. The van der Waals surface area contributed by atoms with E-state index in [-0.39, 0.29) is 0 Å². The summed E-state index contributed by atoms with van der Waals surface area (Å²) in [5.41, 5.74) is 4.21. The van der Waals surface area contributed by atoms with Gasteiger partial charge in [-0.15, -0.1) is 0 Å². The van der Waals surface area contributed by atoms with Crippen molar-refractivity contribution in [3.63, 3.8) is 0 Å². The molecule has 3 fully saturated rings. The van der Waals surface area contributed by atoms with Crippen LogP contribution in [0.3, 0.4) is 0 Å². The van der Waals surface area contributed by atoms with E-state index < -0.39 is 0 Å². The van der Waals surface area contributed by atoms with Gasteiger partial charge in [0.25, 0.3) is 0 Å². The van der Waals surface area contributed by atoms with E-state index in [1.807, 2.05) is 0 Å². The topological polar surface area (TPSA) is 24.3 Å². The smallest absolute Gasteiger partial charge is 0.0537 e. The zero-order valence-corrected chi connectivity index (χ0v) is 16.3. The molecule has 1 aromatic carbocycles. The molecule has 2 bridgehead atoms. The molecule has 0 spiro atoms. The zero-order chi connectivity index (χ0) is 17.9. The van der Waals surface area contributed by atoms with Crippen molar-refractivity contribution in [1.82, 2.24) is 19.6 Å². The van der Waals surface area contributed by atoms with Crippen LogP contribution in [-0.4, -0.2) is 45.3 Å². The van der Waals surface area contributed by atoms with Gasteiger partial charge >= 0.3 is 0 Å². The first-order valence-electron chi connectivity index (χ1n) is 10.2. The molecule has 1 aromatic heterocycles. The van der Waals surface area contributed by atoms with Gasteiger partial charge in [-0.2, -0.15) is 5.10 Å². The number of aryl methyl sites for hydroxylation is 1. The van der Waals surface area contributed by atoms with Crippen LogP contribution in [0.25, 0.3) is 0 Å². The molecule has 26 heavy (non-hydrogen) atoms. The van der Waals surface area contributed by atoms with E-state index in [4.69, 9.17) is 0 Å². The quantitative estimate of drug-likeness (QED) is 0.792. The predicted octanol–water partition coefficient (Wildman–Crippen LogP) is 3.70. The highest BCUT2D eigenvalue weighted by Gasteiger charge is 2.34. The fraction of sp³-hybridized carbons (Fsp3) is 0.591. The van der Waals surface area contributed by atoms with Crippen molar-refractivity contribution >= 4 is 0 Å². The number of nitrogens with zero attached hydrogens (tertiary/aromatic N) is 4. The summed E-state index contributed by atoms with van der Waals surface area (Å²) >= 11 is 0. The molecule has 4 nitrogen and oxygen atoms in total. The second-order valence-electron chi connectivity index (χ2n) is 8.18. The third kappa shape index (κ3) is 3.86. The minimum atomic E-state index is 0.686. The largest absolute Gasteiger partial charge is 0.297 e. The second-order valence-corrected chi connectivity index (χ2v) is 8.18.